The zero-order valence-corrected chi connectivity index (χ0v) is 8.27. The van der Waals surface area contributed by atoms with Crippen molar-refractivity contribution in [3.63, 3.8) is 0 Å². The Morgan fingerprint density at radius 2 is 1.54 bits per heavy atom. The molecule has 1 unspecified atom stereocenters. The van der Waals surface area contributed by atoms with Crippen LogP contribution in [0.3, 0.4) is 0 Å². The van der Waals surface area contributed by atoms with Crippen LogP contribution in [-0.2, 0) is 14.3 Å². The summed E-state index contributed by atoms with van der Waals surface area (Å²) in [5.41, 5.74) is 0. The van der Waals surface area contributed by atoms with Gasteiger partial charge in [0, 0.05) is 6.92 Å². The second kappa shape index (κ2) is 7.54. The summed E-state index contributed by atoms with van der Waals surface area (Å²) in [6, 6.07) is 0. The highest BCUT2D eigenvalue weighted by Crippen LogP contribution is 1.85. The summed E-state index contributed by atoms with van der Waals surface area (Å²) in [5, 5.41) is 15.8. The van der Waals surface area contributed by atoms with Gasteiger partial charge in [-0.3, -0.25) is 4.79 Å². The number of esters is 1. The number of aliphatic hydroxyl groups excluding tert-OH is 1. The van der Waals surface area contributed by atoms with Crippen molar-refractivity contribution >= 4 is 11.9 Å². The number of carboxylic acid groups (broad SMARTS) is 1. The molecule has 0 saturated heterocycles. The van der Waals surface area contributed by atoms with Crippen LogP contribution in [0.15, 0.2) is 0 Å². The molecule has 0 spiro atoms. The third kappa shape index (κ3) is 18.1. The van der Waals surface area contributed by atoms with Crippen molar-refractivity contribution in [2.75, 3.05) is 0 Å². The summed E-state index contributed by atoms with van der Waals surface area (Å²) in [5.74, 6) is -1.40. The third-order valence-electron chi connectivity index (χ3n) is 0.759. The molecule has 5 nitrogen and oxygen atoms in total. The van der Waals surface area contributed by atoms with E-state index >= 15 is 0 Å². The molecule has 1 atom stereocenters. The van der Waals surface area contributed by atoms with Crippen molar-refractivity contribution in [3.8, 4) is 0 Å². The molecule has 2 N–H and O–H groups in total. The van der Waals surface area contributed by atoms with Crippen LogP contribution in [0, 0.1) is 0 Å². The van der Waals surface area contributed by atoms with Gasteiger partial charge in [0.25, 0.3) is 0 Å². The van der Waals surface area contributed by atoms with Crippen LogP contribution in [0.25, 0.3) is 0 Å². The first-order chi connectivity index (χ1) is 5.77. The van der Waals surface area contributed by atoms with Crippen LogP contribution in [-0.4, -0.2) is 34.4 Å². The molecule has 0 rings (SSSR count). The molecule has 0 saturated carbocycles. The number of carbonyl (C=O) groups is 2. The van der Waals surface area contributed by atoms with Crippen molar-refractivity contribution < 1.29 is 24.5 Å². The highest BCUT2D eigenvalue weighted by Gasteiger charge is 2.01. The van der Waals surface area contributed by atoms with E-state index in [1.165, 1.54) is 13.8 Å². The summed E-state index contributed by atoms with van der Waals surface area (Å²) in [6.45, 7) is 6.24. The number of rotatable bonds is 2. The van der Waals surface area contributed by atoms with Crippen LogP contribution < -0.4 is 0 Å². The van der Waals surface area contributed by atoms with Gasteiger partial charge in [-0.1, -0.05) is 0 Å². The minimum atomic E-state index is -1.23. The van der Waals surface area contributed by atoms with E-state index in [1.54, 1.807) is 0 Å². The first kappa shape index (κ1) is 14.4. The number of aliphatic hydroxyl groups is 1. The van der Waals surface area contributed by atoms with Gasteiger partial charge in [0.1, 0.15) is 6.10 Å². The molecule has 0 bridgehead atoms. The molecule has 0 aliphatic rings. The van der Waals surface area contributed by atoms with Gasteiger partial charge in [-0.25, -0.2) is 4.79 Å². The maximum absolute atomic E-state index is 10.0. The molecule has 0 aromatic heterocycles. The van der Waals surface area contributed by atoms with E-state index in [2.05, 4.69) is 4.74 Å². The Bertz CT molecular complexity index is 162. The molecule has 0 aliphatic carbocycles. The number of hydrogen-bond acceptors (Lipinski definition) is 4. The Morgan fingerprint density at radius 1 is 1.23 bits per heavy atom. The fraction of sp³-hybridized carbons (Fsp3) is 0.750. The molecule has 0 heterocycles. The number of ether oxygens (including phenoxy) is 1. The maximum Gasteiger partial charge on any atom is 0.332 e. The molecule has 13 heavy (non-hydrogen) atoms. The Morgan fingerprint density at radius 3 is 1.54 bits per heavy atom. The van der Waals surface area contributed by atoms with Gasteiger partial charge in [-0.05, 0) is 20.8 Å². The van der Waals surface area contributed by atoms with Crippen LogP contribution in [0.4, 0.5) is 0 Å². The van der Waals surface area contributed by atoms with Gasteiger partial charge in [-0.15, -0.1) is 0 Å². The Kier molecular flexibility index (Phi) is 8.37. The highest BCUT2D eigenvalue weighted by molar-refractivity contribution is 5.71. The van der Waals surface area contributed by atoms with Crippen LogP contribution >= 0.6 is 0 Å². The highest BCUT2D eigenvalue weighted by atomic mass is 16.5. The van der Waals surface area contributed by atoms with Crippen molar-refractivity contribution in [1.29, 1.82) is 0 Å². The fourth-order valence-electron chi connectivity index (χ4n) is 0.332. The van der Waals surface area contributed by atoms with E-state index in [-0.39, 0.29) is 12.1 Å². The summed E-state index contributed by atoms with van der Waals surface area (Å²) >= 11 is 0. The third-order valence-corrected chi connectivity index (χ3v) is 0.759. The molecule has 5 heteroatoms. The predicted molar refractivity (Wildman–Crippen MR) is 46.2 cm³/mol. The largest absolute Gasteiger partial charge is 0.479 e. The molecule has 0 aromatic rings. The summed E-state index contributed by atoms with van der Waals surface area (Å²) < 4.78 is 4.61. The molecule has 0 fully saturated rings. The molecule has 78 valence electrons. The van der Waals surface area contributed by atoms with Gasteiger partial charge in [0.2, 0.25) is 0 Å². The van der Waals surface area contributed by atoms with E-state index in [0.29, 0.717) is 0 Å². The van der Waals surface area contributed by atoms with Crippen LogP contribution in [0.5, 0.6) is 0 Å². The average Bonchev–Trinajstić information content (AvgIpc) is 1.84. The molecule has 0 aromatic carbocycles. The number of carboxylic acids is 1. The fourth-order valence-corrected chi connectivity index (χ4v) is 0.332. The van der Waals surface area contributed by atoms with Crippen molar-refractivity contribution in [2.24, 2.45) is 0 Å². The zero-order chi connectivity index (χ0) is 11.0. The Balaban J connectivity index is 0. The number of aliphatic carboxylic acids is 1. The van der Waals surface area contributed by atoms with E-state index in [0.717, 1.165) is 0 Å². The van der Waals surface area contributed by atoms with Crippen molar-refractivity contribution in [2.45, 2.75) is 39.9 Å². The zero-order valence-electron chi connectivity index (χ0n) is 8.27. The van der Waals surface area contributed by atoms with E-state index < -0.39 is 12.1 Å². The summed E-state index contributed by atoms with van der Waals surface area (Å²) in [4.78, 5) is 19.5. The van der Waals surface area contributed by atoms with E-state index in [4.69, 9.17) is 10.2 Å². The lowest BCUT2D eigenvalue weighted by Crippen LogP contribution is -2.13. The minimum absolute atomic E-state index is 0.0255. The normalized spacial score (nSPS) is 11.2. The minimum Gasteiger partial charge on any atom is -0.479 e. The molecule has 0 amide bonds. The number of carbonyl (C=O) groups excluding carboxylic acids is 1. The summed E-state index contributed by atoms with van der Waals surface area (Å²) in [7, 11) is 0. The topological polar surface area (TPSA) is 83.8 Å². The van der Waals surface area contributed by atoms with Crippen molar-refractivity contribution in [1.82, 2.24) is 0 Å². The molecule has 0 aliphatic heterocycles. The van der Waals surface area contributed by atoms with Gasteiger partial charge in [0.05, 0.1) is 6.10 Å². The molecular formula is C8H16O5. The molecule has 0 radical (unpaired) electrons. The standard InChI is InChI=1S/C5H10O2.C3H6O3/c1-4(2)7-5(3)6;1-2(4)3(5)6/h4H,1-3H3;2,4H,1H3,(H,5,6). The van der Waals surface area contributed by atoms with Crippen molar-refractivity contribution in [3.05, 3.63) is 0 Å². The lowest BCUT2D eigenvalue weighted by atomic mass is 10.4. The Hall–Kier alpha value is -1.10. The predicted octanol–water partition coefficient (Wildman–Crippen LogP) is 0.410. The first-order valence-electron chi connectivity index (χ1n) is 3.85. The molecular weight excluding hydrogens is 176 g/mol. The van der Waals surface area contributed by atoms with Crippen LogP contribution in [0.2, 0.25) is 0 Å². The maximum atomic E-state index is 10.0. The quantitative estimate of drug-likeness (QED) is 0.619. The lowest BCUT2D eigenvalue weighted by Gasteiger charge is -2.01. The van der Waals surface area contributed by atoms with E-state index in [9.17, 15) is 9.59 Å². The average molecular weight is 192 g/mol. The van der Waals surface area contributed by atoms with Gasteiger partial charge >= 0.3 is 11.9 Å². The Labute approximate surface area is 77.3 Å². The number of hydrogen-bond donors (Lipinski definition) is 2. The van der Waals surface area contributed by atoms with E-state index in [1.807, 2.05) is 13.8 Å². The SMILES string of the molecule is CC(=O)OC(C)C.CC(O)C(=O)O. The lowest BCUT2D eigenvalue weighted by molar-refractivity contribution is -0.146. The second-order valence-electron chi connectivity index (χ2n) is 2.67. The second-order valence-corrected chi connectivity index (χ2v) is 2.67. The van der Waals surface area contributed by atoms with Gasteiger partial charge in [0.15, 0.2) is 0 Å². The monoisotopic (exact) mass is 192 g/mol. The van der Waals surface area contributed by atoms with Gasteiger partial charge in [-0.2, -0.15) is 0 Å². The van der Waals surface area contributed by atoms with Gasteiger partial charge < -0.3 is 14.9 Å². The summed E-state index contributed by atoms with van der Waals surface area (Å²) in [6.07, 6.45) is -1.21. The smallest absolute Gasteiger partial charge is 0.332 e. The first-order valence-corrected chi connectivity index (χ1v) is 3.85. The van der Waals surface area contributed by atoms with Crippen LogP contribution in [0.1, 0.15) is 27.7 Å².